The summed E-state index contributed by atoms with van der Waals surface area (Å²) in [6.45, 7) is 1.77. The summed E-state index contributed by atoms with van der Waals surface area (Å²) >= 11 is 0. The highest BCUT2D eigenvalue weighted by molar-refractivity contribution is 5.96. The third-order valence-corrected chi connectivity index (χ3v) is 3.46. The van der Waals surface area contributed by atoms with Gasteiger partial charge in [-0.15, -0.1) is 0 Å². The molecule has 0 atom stereocenters. The number of benzene rings is 2. The maximum absolute atomic E-state index is 13.3. The van der Waals surface area contributed by atoms with Gasteiger partial charge in [0.1, 0.15) is 0 Å². The Balaban J connectivity index is 2.59. The van der Waals surface area contributed by atoms with Crippen LogP contribution in [0.2, 0.25) is 0 Å². The standard InChI is InChI=1S/C17H17F3N2O2/c1-10-7-8-11(16(23)24)14(9-10)21-13-6-4-5-12(17(18,19)20)15(13)22(2)3/h4-9,21H,1-3H3,(H,23,24). The van der Waals surface area contributed by atoms with E-state index in [0.29, 0.717) is 0 Å². The van der Waals surface area contributed by atoms with Crippen molar-refractivity contribution in [2.45, 2.75) is 13.1 Å². The molecule has 2 aromatic rings. The van der Waals surface area contributed by atoms with E-state index in [1.54, 1.807) is 19.1 Å². The van der Waals surface area contributed by atoms with Gasteiger partial charge < -0.3 is 15.3 Å². The third kappa shape index (κ3) is 3.61. The Hall–Kier alpha value is -2.70. The molecule has 128 valence electrons. The largest absolute Gasteiger partial charge is 0.478 e. The zero-order valence-corrected chi connectivity index (χ0v) is 13.4. The molecule has 0 aliphatic heterocycles. The van der Waals surface area contributed by atoms with Gasteiger partial charge in [-0.3, -0.25) is 0 Å². The van der Waals surface area contributed by atoms with Crippen molar-refractivity contribution in [1.29, 1.82) is 0 Å². The van der Waals surface area contributed by atoms with Crippen LogP contribution < -0.4 is 10.2 Å². The number of carbonyl (C=O) groups is 1. The Morgan fingerprint density at radius 2 is 1.79 bits per heavy atom. The number of carboxylic acid groups (broad SMARTS) is 1. The van der Waals surface area contributed by atoms with Crippen molar-refractivity contribution in [3.8, 4) is 0 Å². The molecule has 0 spiro atoms. The average Bonchev–Trinajstić information content (AvgIpc) is 2.45. The first-order valence-electron chi connectivity index (χ1n) is 7.09. The monoisotopic (exact) mass is 338 g/mol. The zero-order valence-electron chi connectivity index (χ0n) is 13.4. The summed E-state index contributed by atoms with van der Waals surface area (Å²) in [5.41, 5.74) is 0.362. The van der Waals surface area contributed by atoms with Gasteiger partial charge in [-0.1, -0.05) is 12.1 Å². The number of aryl methyl sites for hydroxylation is 1. The second-order valence-corrected chi connectivity index (χ2v) is 5.57. The summed E-state index contributed by atoms with van der Waals surface area (Å²) in [6.07, 6.45) is -4.51. The molecule has 0 aromatic heterocycles. The maximum Gasteiger partial charge on any atom is 0.418 e. The van der Waals surface area contributed by atoms with Crippen LogP contribution in [0.5, 0.6) is 0 Å². The highest BCUT2D eigenvalue weighted by Gasteiger charge is 2.35. The lowest BCUT2D eigenvalue weighted by Gasteiger charge is -2.24. The number of carboxylic acids is 1. The van der Waals surface area contributed by atoms with Crippen LogP contribution in [0.3, 0.4) is 0 Å². The fraction of sp³-hybridized carbons (Fsp3) is 0.235. The number of hydrogen-bond acceptors (Lipinski definition) is 3. The summed E-state index contributed by atoms with van der Waals surface area (Å²) in [5.74, 6) is -1.16. The zero-order chi connectivity index (χ0) is 18.1. The van der Waals surface area contributed by atoms with E-state index >= 15 is 0 Å². The van der Waals surface area contributed by atoms with Crippen molar-refractivity contribution >= 4 is 23.0 Å². The molecule has 0 heterocycles. The number of rotatable bonds is 4. The molecule has 2 aromatic carbocycles. The summed E-state index contributed by atoms with van der Waals surface area (Å²) in [4.78, 5) is 12.7. The van der Waals surface area contributed by atoms with Gasteiger partial charge in [0.2, 0.25) is 0 Å². The van der Waals surface area contributed by atoms with Crippen molar-refractivity contribution in [2.75, 3.05) is 24.3 Å². The van der Waals surface area contributed by atoms with Crippen LogP contribution in [0, 0.1) is 6.92 Å². The van der Waals surface area contributed by atoms with E-state index in [-0.39, 0.29) is 22.6 Å². The Labute approximate surface area is 137 Å². The van der Waals surface area contributed by atoms with Crippen LogP contribution in [-0.2, 0) is 6.18 Å². The normalized spacial score (nSPS) is 11.2. The van der Waals surface area contributed by atoms with Crippen molar-refractivity contribution < 1.29 is 23.1 Å². The minimum Gasteiger partial charge on any atom is -0.478 e. The van der Waals surface area contributed by atoms with Gasteiger partial charge in [-0.05, 0) is 36.8 Å². The minimum atomic E-state index is -4.51. The first-order valence-corrected chi connectivity index (χ1v) is 7.09. The number of para-hydroxylation sites is 1. The first kappa shape index (κ1) is 17.7. The number of halogens is 3. The molecular formula is C17H17F3N2O2. The van der Waals surface area contributed by atoms with Gasteiger partial charge >= 0.3 is 12.1 Å². The van der Waals surface area contributed by atoms with Crippen LogP contribution in [0.1, 0.15) is 21.5 Å². The van der Waals surface area contributed by atoms with Crippen LogP contribution >= 0.6 is 0 Å². The Kier molecular flexibility index (Phi) is 4.73. The van der Waals surface area contributed by atoms with E-state index in [1.165, 1.54) is 37.2 Å². The lowest BCUT2D eigenvalue weighted by molar-refractivity contribution is -0.137. The molecule has 0 amide bonds. The summed E-state index contributed by atoms with van der Waals surface area (Å²) in [6, 6.07) is 8.40. The molecule has 2 rings (SSSR count). The molecule has 0 radical (unpaired) electrons. The second kappa shape index (κ2) is 6.43. The molecule has 0 aliphatic rings. The van der Waals surface area contributed by atoms with E-state index < -0.39 is 17.7 Å². The molecule has 24 heavy (non-hydrogen) atoms. The first-order chi connectivity index (χ1) is 11.1. The van der Waals surface area contributed by atoms with Crippen LogP contribution in [-0.4, -0.2) is 25.2 Å². The quantitative estimate of drug-likeness (QED) is 0.860. The fourth-order valence-corrected chi connectivity index (χ4v) is 2.45. The highest BCUT2D eigenvalue weighted by atomic mass is 19.4. The SMILES string of the molecule is Cc1ccc(C(=O)O)c(Nc2cccc(C(F)(F)F)c2N(C)C)c1. The molecule has 0 fully saturated rings. The lowest BCUT2D eigenvalue weighted by Crippen LogP contribution is -2.18. The molecule has 4 nitrogen and oxygen atoms in total. The Bertz CT molecular complexity index is 771. The Morgan fingerprint density at radius 1 is 1.12 bits per heavy atom. The third-order valence-electron chi connectivity index (χ3n) is 3.46. The average molecular weight is 338 g/mol. The molecule has 2 N–H and O–H groups in total. The van der Waals surface area contributed by atoms with Crippen molar-refractivity contribution in [1.82, 2.24) is 0 Å². The summed E-state index contributed by atoms with van der Waals surface area (Å²) in [5, 5.41) is 12.1. The van der Waals surface area contributed by atoms with Crippen molar-refractivity contribution in [3.05, 3.63) is 53.1 Å². The number of nitrogens with one attached hydrogen (secondary N) is 1. The van der Waals surface area contributed by atoms with Gasteiger partial charge in [-0.25, -0.2) is 4.79 Å². The van der Waals surface area contributed by atoms with E-state index in [9.17, 15) is 23.1 Å². The number of aromatic carboxylic acids is 1. The van der Waals surface area contributed by atoms with E-state index in [4.69, 9.17) is 0 Å². The smallest absolute Gasteiger partial charge is 0.418 e. The second-order valence-electron chi connectivity index (χ2n) is 5.57. The van der Waals surface area contributed by atoms with Gasteiger partial charge in [0, 0.05) is 14.1 Å². The molecule has 0 bridgehead atoms. The van der Waals surface area contributed by atoms with Crippen LogP contribution in [0.25, 0.3) is 0 Å². The van der Waals surface area contributed by atoms with E-state index in [2.05, 4.69) is 5.32 Å². The lowest BCUT2D eigenvalue weighted by atomic mass is 10.1. The number of alkyl halides is 3. The number of nitrogens with zero attached hydrogens (tertiary/aromatic N) is 1. The predicted molar refractivity (Wildman–Crippen MR) is 87.2 cm³/mol. The van der Waals surface area contributed by atoms with Gasteiger partial charge in [0.05, 0.1) is 28.2 Å². The van der Waals surface area contributed by atoms with Crippen LogP contribution in [0.4, 0.5) is 30.2 Å². The van der Waals surface area contributed by atoms with Gasteiger partial charge in [-0.2, -0.15) is 13.2 Å². The topological polar surface area (TPSA) is 52.6 Å². The fourth-order valence-electron chi connectivity index (χ4n) is 2.45. The molecule has 0 saturated heterocycles. The Morgan fingerprint density at radius 3 is 2.33 bits per heavy atom. The minimum absolute atomic E-state index is 0.0114. The van der Waals surface area contributed by atoms with Gasteiger partial charge in [0.25, 0.3) is 0 Å². The molecule has 0 unspecified atom stereocenters. The maximum atomic E-state index is 13.3. The van der Waals surface area contributed by atoms with E-state index in [0.717, 1.165) is 11.6 Å². The molecular weight excluding hydrogens is 321 g/mol. The predicted octanol–water partition coefficient (Wildman–Crippen LogP) is 4.52. The van der Waals surface area contributed by atoms with Crippen molar-refractivity contribution in [3.63, 3.8) is 0 Å². The van der Waals surface area contributed by atoms with Gasteiger partial charge in [0.15, 0.2) is 0 Å². The highest BCUT2D eigenvalue weighted by Crippen LogP contribution is 2.41. The molecule has 0 aliphatic carbocycles. The van der Waals surface area contributed by atoms with E-state index in [1.807, 2.05) is 0 Å². The summed E-state index contributed by atoms with van der Waals surface area (Å²) < 4.78 is 39.8. The van der Waals surface area contributed by atoms with Crippen molar-refractivity contribution in [2.24, 2.45) is 0 Å². The number of anilines is 3. The summed E-state index contributed by atoms with van der Waals surface area (Å²) in [7, 11) is 3.01. The molecule has 0 saturated carbocycles. The number of hydrogen-bond donors (Lipinski definition) is 2. The van der Waals surface area contributed by atoms with Crippen LogP contribution in [0.15, 0.2) is 36.4 Å². The molecule has 7 heteroatoms.